The summed E-state index contributed by atoms with van der Waals surface area (Å²) in [6, 6.07) is 30.0. The number of nitrogens with one attached hydrogen (secondary N) is 1. The number of halogens is 1. The number of hydrogen-bond acceptors (Lipinski definition) is 4. The number of carbonyl (C=O) groups is 1. The normalized spacial score (nSPS) is 11.4. The number of benzene rings is 4. The number of aromatic amines is 1. The number of imidazole rings is 1. The van der Waals surface area contributed by atoms with E-state index in [1.165, 1.54) is 0 Å². The molecule has 0 aliphatic rings. The molecule has 0 unspecified atom stereocenters. The Morgan fingerprint density at radius 3 is 2.50 bits per heavy atom. The number of nitrogens with zero attached hydrogens (tertiary/aromatic N) is 1. The molecular weight excluding hydrogens is 472 g/mol. The SMILES string of the molecule is COc1ccc(/C=C(/C(=O)c2cccc(Cl)c2)c2nc3ccccc3[nH]2)cc1OCc1ccccc1. The monoisotopic (exact) mass is 494 g/mol. The van der Waals surface area contributed by atoms with Crippen molar-refractivity contribution < 1.29 is 14.3 Å². The molecule has 5 rings (SSSR count). The predicted octanol–water partition coefficient (Wildman–Crippen LogP) is 7.23. The second-order valence-electron chi connectivity index (χ2n) is 8.18. The zero-order chi connectivity index (χ0) is 24.9. The molecule has 4 aromatic carbocycles. The van der Waals surface area contributed by atoms with Gasteiger partial charge in [0.05, 0.1) is 23.7 Å². The minimum atomic E-state index is -0.195. The summed E-state index contributed by atoms with van der Waals surface area (Å²) in [7, 11) is 1.60. The van der Waals surface area contributed by atoms with E-state index in [0.717, 1.165) is 22.2 Å². The van der Waals surface area contributed by atoms with E-state index >= 15 is 0 Å². The van der Waals surface area contributed by atoms with Crippen molar-refractivity contribution in [2.24, 2.45) is 0 Å². The van der Waals surface area contributed by atoms with Gasteiger partial charge < -0.3 is 14.5 Å². The summed E-state index contributed by atoms with van der Waals surface area (Å²) in [5.41, 5.74) is 4.32. The molecule has 0 radical (unpaired) electrons. The number of carbonyl (C=O) groups excluding carboxylic acids is 1. The number of allylic oxidation sites excluding steroid dienone is 1. The number of hydrogen-bond donors (Lipinski definition) is 1. The molecule has 0 amide bonds. The van der Waals surface area contributed by atoms with Crippen molar-refractivity contribution in [2.75, 3.05) is 7.11 Å². The number of H-pyrrole nitrogens is 1. The van der Waals surface area contributed by atoms with Crippen molar-refractivity contribution in [3.63, 3.8) is 0 Å². The van der Waals surface area contributed by atoms with Crippen molar-refractivity contribution in [1.29, 1.82) is 0 Å². The maximum Gasteiger partial charge on any atom is 0.196 e. The molecule has 5 aromatic rings. The minimum absolute atomic E-state index is 0.195. The molecule has 0 atom stereocenters. The van der Waals surface area contributed by atoms with Gasteiger partial charge in [0.2, 0.25) is 0 Å². The van der Waals surface area contributed by atoms with E-state index in [1.54, 1.807) is 37.5 Å². The van der Waals surface area contributed by atoms with Gasteiger partial charge >= 0.3 is 0 Å². The summed E-state index contributed by atoms with van der Waals surface area (Å²) in [5.74, 6) is 1.46. The minimum Gasteiger partial charge on any atom is -0.493 e. The molecule has 0 aliphatic heterocycles. The Morgan fingerprint density at radius 1 is 0.917 bits per heavy atom. The van der Waals surface area contributed by atoms with Crippen LogP contribution >= 0.6 is 11.6 Å². The first-order valence-corrected chi connectivity index (χ1v) is 11.8. The molecule has 0 fully saturated rings. The number of para-hydroxylation sites is 2. The Hall–Kier alpha value is -4.35. The Morgan fingerprint density at radius 2 is 1.72 bits per heavy atom. The van der Waals surface area contributed by atoms with Crippen LogP contribution in [0.1, 0.15) is 27.3 Å². The van der Waals surface area contributed by atoms with Crippen molar-refractivity contribution in [1.82, 2.24) is 9.97 Å². The lowest BCUT2D eigenvalue weighted by molar-refractivity contribution is 0.105. The first kappa shape index (κ1) is 23.4. The molecule has 1 heterocycles. The van der Waals surface area contributed by atoms with Crippen LogP contribution in [0.25, 0.3) is 22.7 Å². The van der Waals surface area contributed by atoms with Gasteiger partial charge in [-0.15, -0.1) is 0 Å². The van der Waals surface area contributed by atoms with Gasteiger partial charge in [-0.1, -0.05) is 72.3 Å². The number of ketones is 1. The summed E-state index contributed by atoms with van der Waals surface area (Å²) in [4.78, 5) is 21.6. The first-order chi connectivity index (χ1) is 17.6. The summed E-state index contributed by atoms with van der Waals surface area (Å²) >= 11 is 6.18. The van der Waals surface area contributed by atoms with Crippen molar-refractivity contribution in [2.45, 2.75) is 6.61 Å². The van der Waals surface area contributed by atoms with Crippen molar-refractivity contribution in [3.05, 3.63) is 125 Å². The van der Waals surface area contributed by atoms with Crippen LogP contribution in [0.15, 0.2) is 97.1 Å². The van der Waals surface area contributed by atoms with Crippen LogP contribution in [0.5, 0.6) is 11.5 Å². The third-order valence-corrected chi connectivity index (χ3v) is 5.95. The van der Waals surface area contributed by atoms with Gasteiger partial charge in [-0.2, -0.15) is 0 Å². The number of rotatable bonds is 8. The van der Waals surface area contributed by atoms with E-state index in [4.69, 9.17) is 21.1 Å². The fraction of sp³-hybridized carbons (Fsp3) is 0.0667. The molecule has 1 N–H and O–H groups in total. The van der Waals surface area contributed by atoms with Crippen LogP contribution in [-0.4, -0.2) is 22.9 Å². The topological polar surface area (TPSA) is 64.2 Å². The molecule has 178 valence electrons. The number of methoxy groups -OCH3 is 1. The van der Waals surface area contributed by atoms with Crippen LogP contribution in [0, 0.1) is 0 Å². The van der Waals surface area contributed by atoms with E-state index in [-0.39, 0.29) is 5.78 Å². The molecule has 36 heavy (non-hydrogen) atoms. The maximum atomic E-state index is 13.7. The van der Waals surface area contributed by atoms with E-state index in [9.17, 15) is 4.79 Å². The van der Waals surface area contributed by atoms with E-state index in [0.29, 0.717) is 40.1 Å². The smallest absolute Gasteiger partial charge is 0.196 e. The molecule has 0 saturated heterocycles. The maximum absolute atomic E-state index is 13.7. The zero-order valence-corrected chi connectivity index (χ0v) is 20.3. The van der Waals surface area contributed by atoms with E-state index < -0.39 is 0 Å². The lowest BCUT2D eigenvalue weighted by Crippen LogP contribution is -2.04. The van der Waals surface area contributed by atoms with E-state index in [2.05, 4.69) is 9.97 Å². The quantitative estimate of drug-likeness (QED) is 0.182. The number of Topliss-reactive ketones (excluding diaryl/α,β-unsaturated/α-hetero) is 1. The van der Waals surface area contributed by atoms with Gasteiger partial charge in [0.15, 0.2) is 17.3 Å². The fourth-order valence-corrected chi connectivity index (χ4v) is 4.10. The summed E-state index contributed by atoms with van der Waals surface area (Å²) in [6.45, 7) is 0.391. The first-order valence-electron chi connectivity index (χ1n) is 11.4. The highest BCUT2D eigenvalue weighted by Crippen LogP contribution is 2.31. The fourth-order valence-electron chi connectivity index (χ4n) is 3.90. The third-order valence-electron chi connectivity index (χ3n) is 5.71. The molecule has 1 aromatic heterocycles. The van der Waals surface area contributed by atoms with Crippen molar-refractivity contribution >= 4 is 40.1 Å². The summed E-state index contributed by atoms with van der Waals surface area (Å²) in [5, 5.41) is 0.492. The molecular formula is C30H23ClN2O3. The number of ether oxygens (including phenoxy) is 2. The summed E-state index contributed by atoms with van der Waals surface area (Å²) in [6.07, 6.45) is 1.80. The second kappa shape index (κ2) is 10.5. The Kier molecular flexibility index (Phi) is 6.83. The molecule has 0 saturated carbocycles. The van der Waals surface area contributed by atoms with Crippen LogP contribution in [0.3, 0.4) is 0 Å². The van der Waals surface area contributed by atoms with E-state index in [1.807, 2.05) is 72.8 Å². The average Bonchev–Trinajstić information content (AvgIpc) is 3.35. The second-order valence-corrected chi connectivity index (χ2v) is 8.62. The zero-order valence-electron chi connectivity index (χ0n) is 19.6. The molecule has 0 bridgehead atoms. The van der Waals surface area contributed by atoms with Crippen molar-refractivity contribution in [3.8, 4) is 11.5 Å². The Balaban J connectivity index is 1.56. The van der Waals surface area contributed by atoms with Gasteiger partial charge in [0.25, 0.3) is 0 Å². The van der Waals surface area contributed by atoms with Gasteiger partial charge in [0.1, 0.15) is 12.4 Å². The molecule has 6 heteroatoms. The molecule has 5 nitrogen and oxygen atoms in total. The lowest BCUT2D eigenvalue weighted by atomic mass is 10.00. The van der Waals surface area contributed by atoms with Gasteiger partial charge in [0, 0.05) is 10.6 Å². The van der Waals surface area contributed by atoms with Crippen LogP contribution in [0.4, 0.5) is 0 Å². The van der Waals surface area contributed by atoms with Gasteiger partial charge in [-0.05, 0) is 53.6 Å². The highest BCUT2D eigenvalue weighted by molar-refractivity contribution is 6.34. The Bertz CT molecular complexity index is 1520. The standard InChI is InChI=1S/C30H23ClN2O3/c1-35-27-15-14-21(17-28(27)36-19-20-8-3-2-4-9-20)16-24(29(34)22-10-7-11-23(31)18-22)30-32-25-12-5-6-13-26(25)33-30/h2-18H,19H2,1H3,(H,32,33)/b24-16-. The Labute approximate surface area is 214 Å². The summed E-state index contributed by atoms with van der Waals surface area (Å²) < 4.78 is 11.6. The highest BCUT2D eigenvalue weighted by Gasteiger charge is 2.19. The third kappa shape index (κ3) is 5.16. The molecule has 0 aliphatic carbocycles. The van der Waals surface area contributed by atoms with Crippen LogP contribution in [-0.2, 0) is 6.61 Å². The average molecular weight is 495 g/mol. The van der Waals surface area contributed by atoms with Crippen LogP contribution < -0.4 is 9.47 Å². The predicted molar refractivity (Wildman–Crippen MR) is 144 cm³/mol. The highest BCUT2D eigenvalue weighted by atomic mass is 35.5. The largest absolute Gasteiger partial charge is 0.493 e. The number of fused-ring (bicyclic) bond motifs is 1. The lowest BCUT2D eigenvalue weighted by Gasteiger charge is -2.12. The van der Waals surface area contributed by atoms with Crippen LogP contribution in [0.2, 0.25) is 5.02 Å². The number of aromatic nitrogens is 2. The van der Waals surface area contributed by atoms with Gasteiger partial charge in [-0.25, -0.2) is 4.98 Å². The van der Waals surface area contributed by atoms with Gasteiger partial charge in [-0.3, -0.25) is 4.79 Å². The molecule has 0 spiro atoms.